The maximum Gasteiger partial charge on any atom is 0.162 e. The molecule has 0 N–H and O–H groups in total. The van der Waals surface area contributed by atoms with Gasteiger partial charge in [-0.3, -0.25) is 0 Å². The van der Waals surface area contributed by atoms with Gasteiger partial charge in [-0.2, -0.15) is 5.26 Å². The number of methoxy groups -OCH3 is 2. The van der Waals surface area contributed by atoms with Gasteiger partial charge >= 0.3 is 0 Å². The summed E-state index contributed by atoms with van der Waals surface area (Å²) in [5, 5.41) is 8.86. The standard InChI is InChI=1S/C17H17NO4/c1-19-14-5-3-4-6-15(14)21-9-10-22-16-8-7-13(12-18)11-17(16)20-2/h3-8,11H,9-10H2,1-2H3. The fraction of sp³-hybridized carbons (Fsp3) is 0.235. The second-order valence-electron chi connectivity index (χ2n) is 4.33. The van der Waals surface area contributed by atoms with Crippen LogP contribution < -0.4 is 18.9 Å². The van der Waals surface area contributed by atoms with Gasteiger partial charge in [-0.05, 0) is 24.3 Å². The zero-order valence-corrected chi connectivity index (χ0v) is 12.5. The summed E-state index contributed by atoms with van der Waals surface area (Å²) in [6.07, 6.45) is 0. The largest absolute Gasteiger partial charge is 0.493 e. The maximum atomic E-state index is 8.86. The van der Waals surface area contributed by atoms with Crippen LogP contribution in [0.2, 0.25) is 0 Å². The summed E-state index contributed by atoms with van der Waals surface area (Å²) in [5.74, 6) is 2.44. The molecule has 0 heterocycles. The van der Waals surface area contributed by atoms with E-state index in [0.717, 1.165) is 0 Å². The molecule has 0 atom stereocenters. The van der Waals surface area contributed by atoms with Crippen molar-refractivity contribution in [1.29, 1.82) is 5.26 Å². The fourth-order valence-electron chi connectivity index (χ4n) is 1.90. The zero-order valence-electron chi connectivity index (χ0n) is 12.5. The van der Waals surface area contributed by atoms with Crippen molar-refractivity contribution in [3.63, 3.8) is 0 Å². The highest BCUT2D eigenvalue weighted by Gasteiger charge is 2.06. The normalized spacial score (nSPS) is 9.68. The highest BCUT2D eigenvalue weighted by Crippen LogP contribution is 2.28. The first kappa shape index (κ1) is 15.5. The number of rotatable bonds is 7. The Morgan fingerprint density at radius 1 is 0.818 bits per heavy atom. The molecule has 0 spiro atoms. The first-order chi connectivity index (χ1) is 10.8. The van der Waals surface area contributed by atoms with E-state index in [0.29, 0.717) is 41.8 Å². The average molecular weight is 299 g/mol. The molecule has 0 aliphatic rings. The van der Waals surface area contributed by atoms with Crippen LogP contribution in [0.15, 0.2) is 42.5 Å². The Labute approximate surface area is 129 Å². The van der Waals surface area contributed by atoms with Crippen molar-refractivity contribution in [1.82, 2.24) is 0 Å². The number of ether oxygens (including phenoxy) is 4. The predicted octanol–water partition coefficient (Wildman–Crippen LogP) is 3.03. The molecule has 0 saturated carbocycles. The second kappa shape index (κ2) is 7.79. The summed E-state index contributed by atoms with van der Waals surface area (Å²) < 4.78 is 21.7. The third-order valence-electron chi connectivity index (χ3n) is 2.96. The molecule has 0 bridgehead atoms. The fourth-order valence-corrected chi connectivity index (χ4v) is 1.90. The summed E-state index contributed by atoms with van der Waals surface area (Å²) in [6, 6.07) is 14.5. The van der Waals surface area contributed by atoms with Crippen molar-refractivity contribution in [3.8, 4) is 29.1 Å². The molecule has 0 aliphatic carbocycles. The Bertz CT molecular complexity index is 664. The third kappa shape index (κ3) is 3.83. The Morgan fingerprint density at radius 2 is 1.41 bits per heavy atom. The molecule has 0 aromatic heterocycles. The van der Waals surface area contributed by atoms with E-state index in [1.165, 1.54) is 7.11 Å². The lowest BCUT2D eigenvalue weighted by Crippen LogP contribution is -2.10. The van der Waals surface area contributed by atoms with Gasteiger partial charge in [0.2, 0.25) is 0 Å². The quantitative estimate of drug-likeness (QED) is 0.735. The van der Waals surface area contributed by atoms with Gasteiger partial charge in [0.25, 0.3) is 0 Å². The molecule has 22 heavy (non-hydrogen) atoms. The van der Waals surface area contributed by atoms with E-state index < -0.39 is 0 Å². The van der Waals surface area contributed by atoms with Gasteiger partial charge in [0.1, 0.15) is 13.2 Å². The van der Waals surface area contributed by atoms with E-state index in [4.69, 9.17) is 24.2 Å². The van der Waals surface area contributed by atoms with Crippen LogP contribution in [0.5, 0.6) is 23.0 Å². The van der Waals surface area contributed by atoms with Crippen LogP contribution in [0.4, 0.5) is 0 Å². The lowest BCUT2D eigenvalue weighted by atomic mass is 10.2. The smallest absolute Gasteiger partial charge is 0.162 e. The van der Waals surface area contributed by atoms with Gasteiger partial charge in [0, 0.05) is 6.07 Å². The van der Waals surface area contributed by atoms with E-state index in [1.54, 1.807) is 25.3 Å². The Balaban J connectivity index is 1.90. The van der Waals surface area contributed by atoms with Gasteiger partial charge in [0.15, 0.2) is 23.0 Å². The van der Waals surface area contributed by atoms with E-state index in [1.807, 2.05) is 24.3 Å². The van der Waals surface area contributed by atoms with Crippen molar-refractivity contribution in [2.24, 2.45) is 0 Å². The van der Waals surface area contributed by atoms with Crippen molar-refractivity contribution < 1.29 is 18.9 Å². The first-order valence-corrected chi connectivity index (χ1v) is 6.75. The van der Waals surface area contributed by atoms with E-state index >= 15 is 0 Å². The molecule has 2 aromatic rings. The molecule has 2 aromatic carbocycles. The minimum Gasteiger partial charge on any atom is -0.493 e. The number of nitrogens with zero attached hydrogens (tertiary/aromatic N) is 1. The lowest BCUT2D eigenvalue weighted by molar-refractivity contribution is 0.206. The predicted molar refractivity (Wildman–Crippen MR) is 81.7 cm³/mol. The van der Waals surface area contributed by atoms with Gasteiger partial charge in [-0.15, -0.1) is 0 Å². The lowest BCUT2D eigenvalue weighted by Gasteiger charge is -2.13. The van der Waals surface area contributed by atoms with Crippen LogP contribution in [-0.4, -0.2) is 27.4 Å². The minimum absolute atomic E-state index is 0.348. The summed E-state index contributed by atoms with van der Waals surface area (Å²) in [4.78, 5) is 0. The topological polar surface area (TPSA) is 60.7 Å². The van der Waals surface area contributed by atoms with Gasteiger partial charge in [-0.1, -0.05) is 12.1 Å². The highest BCUT2D eigenvalue weighted by molar-refractivity contribution is 5.46. The maximum absolute atomic E-state index is 8.86. The Morgan fingerprint density at radius 3 is 2.00 bits per heavy atom. The van der Waals surface area contributed by atoms with Crippen LogP contribution in [0.1, 0.15) is 5.56 Å². The molecule has 2 rings (SSSR count). The van der Waals surface area contributed by atoms with E-state index in [2.05, 4.69) is 6.07 Å². The van der Waals surface area contributed by atoms with Crippen LogP contribution >= 0.6 is 0 Å². The van der Waals surface area contributed by atoms with E-state index in [9.17, 15) is 0 Å². The first-order valence-electron chi connectivity index (χ1n) is 6.75. The van der Waals surface area contributed by atoms with Crippen molar-refractivity contribution in [2.45, 2.75) is 0 Å². The van der Waals surface area contributed by atoms with Crippen molar-refractivity contribution >= 4 is 0 Å². The summed E-state index contributed by atoms with van der Waals surface area (Å²) in [6.45, 7) is 0.712. The minimum atomic E-state index is 0.348. The molecule has 0 aliphatic heterocycles. The molecule has 0 amide bonds. The summed E-state index contributed by atoms with van der Waals surface area (Å²) in [5.41, 5.74) is 0.523. The number of para-hydroxylation sites is 2. The third-order valence-corrected chi connectivity index (χ3v) is 2.96. The highest BCUT2D eigenvalue weighted by atomic mass is 16.5. The van der Waals surface area contributed by atoms with Gasteiger partial charge in [0.05, 0.1) is 25.9 Å². The molecule has 0 saturated heterocycles. The van der Waals surface area contributed by atoms with Crippen molar-refractivity contribution in [2.75, 3.05) is 27.4 Å². The monoisotopic (exact) mass is 299 g/mol. The molecular weight excluding hydrogens is 282 g/mol. The molecule has 5 heteroatoms. The zero-order chi connectivity index (χ0) is 15.8. The molecule has 5 nitrogen and oxygen atoms in total. The summed E-state index contributed by atoms with van der Waals surface area (Å²) >= 11 is 0. The second-order valence-corrected chi connectivity index (χ2v) is 4.33. The summed E-state index contributed by atoms with van der Waals surface area (Å²) in [7, 11) is 3.13. The van der Waals surface area contributed by atoms with Crippen LogP contribution in [-0.2, 0) is 0 Å². The number of benzene rings is 2. The van der Waals surface area contributed by atoms with Gasteiger partial charge < -0.3 is 18.9 Å². The van der Waals surface area contributed by atoms with Crippen LogP contribution in [0, 0.1) is 11.3 Å². The van der Waals surface area contributed by atoms with E-state index in [-0.39, 0.29) is 0 Å². The Hall–Kier alpha value is -2.87. The Kier molecular flexibility index (Phi) is 5.50. The molecule has 0 radical (unpaired) electrons. The number of hydrogen-bond donors (Lipinski definition) is 0. The van der Waals surface area contributed by atoms with Gasteiger partial charge in [-0.25, -0.2) is 0 Å². The average Bonchev–Trinajstić information content (AvgIpc) is 2.59. The number of nitriles is 1. The molecule has 114 valence electrons. The molecule has 0 unspecified atom stereocenters. The van der Waals surface area contributed by atoms with Crippen LogP contribution in [0.25, 0.3) is 0 Å². The van der Waals surface area contributed by atoms with Crippen molar-refractivity contribution in [3.05, 3.63) is 48.0 Å². The SMILES string of the molecule is COc1ccccc1OCCOc1ccc(C#N)cc1OC. The van der Waals surface area contributed by atoms with Crippen LogP contribution in [0.3, 0.4) is 0 Å². The number of hydrogen-bond acceptors (Lipinski definition) is 5. The molecule has 0 fully saturated rings. The molecular formula is C17H17NO4.